The van der Waals surface area contributed by atoms with Crippen LogP contribution in [0.4, 0.5) is 28.7 Å². The highest BCUT2D eigenvalue weighted by molar-refractivity contribution is 8.00. The third-order valence-electron chi connectivity index (χ3n) is 4.79. The Balaban J connectivity index is 1.38. The average molecular weight is 436 g/mol. The Morgan fingerprint density at radius 2 is 0.969 bits per heavy atom. The maximum absolute atomic E-state index is 4.81. The fraction of sp³-hybridized carbons (Fsp3) is 0. The van der Waals surface area contributed by atoms with Gasteiger partial charge in [-0.25, -0.2) is 9.97 Å². The van der Waals surface area contributed by atoms with Crippen molar-refractivity contribution in [1.82, 2.24) is 9.97 Å². The lowest BCUT2D eigenvalue weighted by Gasteiger charge is -2.13. The highest BCUT2D eigenvalue weighted by Gasteiger charge is 2.10. The number of para-hydroxylation sites is 3. The van der Waals surface area contributed by atoms with Crippen molar-refractivity contribution in [3.8, 4) is 0 Å². The molecule has 156 valence electrons. The van der Waals surface area contributed by atoms with Gasteiger partial charge in [0.2, 0.25) is 0 Å². The van der Waals surface area contributed by atoms with Gasteiger partial charge in [-0.3, -0.25) is 0 Å². The first kappa shape index (κ1) is 19.9. The summed E-state index contributed by atoms with van der Waals surface area (Å²) in [5, 5.41) is 6.81. The van der Waals surface area contributed by atoms with Gasteiger partial charge < -0.3 is 15.4 Å². The van der Waals surface area contributed by atoms with E-state index in [9.17, 15) is 0 Å². The van der Waals surface area contributed by atoms with Gasteiger partial charge in [-0.15, -0.1) is 0 Å². The summed E-state index contributed by atoms with van der Waals surface area (Å²) in [7, 11) is 0. The van der Waals surface area contributed by atoms with E-state index in [4.69, 9.17) is 9.97 Å². The summed E-state index contributed by atoms with van der Waals surface area (Å²) >= 11 is 1.51. The molecule has 0 saturated heterocycles. The molecule has 1 aromatic heterocycles. The summed E-state index contributed by atoms with van der Waals surface area (Å²) in [4.78, 5) is 10.7. The number of rotatable bonds is 7. The Labute approximate surface area is 191 Å². The monoisotopic (exact) mass is 435 g/mol. The van der Waals surface area contributed by atoms with E-state index in [2.05, 4.69) is 27.5 Å². The van der Waals surface area contributed by atoms with E-state index >= 15 is 0 Å². The third-order valence-corrected chi connectivity index (χ3v) is 5.59. The van der Waals surface area contributed by atoms with E-state index in [-0.39, 0.29) is 0 Å². The second-order valence-electron chi connectivity index (χ2n) is 7.12. The maximum atomic E-state index is 4.81. The van der Waals surface area contributed by atoms with Gasteiger partial charge in [0.05, 0.1) is 11.0 Å². The number of nitrogens with zero attached hydrogens (tertiary/aromatic N) is 2. The number of anilines is 5. The minimum Gasteiger partial charge on any atom is -0.356 e. The SMILES string of the molecule is c1ccc(Nc2ccc(Nc3nc4ccccc4nc3NSc3ccccc3)cc2)cc1. The summed E-state index contributed by atoms with van der Waals surface area (Å²) in [5.41, 5.74) is 4.69. The van der Waals surface area contributed by atoms with Gasteiger partial charge >= 0.3 is 0 Å². The largest absolute Gasteiger partial charge is 0.356 e. The number of hydrogen-bond acceptors (Lipinski definition) is 6. The Kier molecular flexibility index (Phi) is 5.85. The molecule has 0 spiro atoms. The van der Waals surface area contributed by atoms with Crippen LogP contribution in [0.15, 0.2) is 114 Å². The normalized spacial score (nSPS) is 10.6. The van der Waals surface area contributed by atoms with Crippen LogP contribution in [-0.2, 0) is 0 Å². The smallest absolute Gasteiger partial charge is 0.180 e. The van der Waals surface area contributed by atoms with Gasteiger partial charge in [-0.1, -0.05) is 48.5 Å². The number of benzene rings is 4. The highest BCUT2D eigenvalue weighted by Crippen LogP contribution is 2.29. The Morgan fingerprint density at radius 3 is 1.62 bits per heavy atom. The van der Waals surface area contributed by atoms with Crippen LogP contribution in [0.1, 0.15) is 0 Å². The van der Waals surface area contributed by atoms with Crippen LogP contribution < -0.4 is 15.4 Å². The molecule has 5 rings (SSSR count). The molecule has 0 bridgehead atoms. The Bertz CT molecular complexity index is 1310. The van der Waals surface area contributed by atoms with Crippen LogP contribution in [0.3, 0.4) is 0 Å². The first-order valence-corrected chi connectivity index (χ1v) is 11.1. The minimum atomic E-state index is 0.677. The lowest BCUT2D eigenvalue weighted by atomic mass is 10.2. The summed E-state index contributed by atoms with van der Waals surface area (Å²) < 4.78 is 3.35. The van der Waals surface area contributed by atoms with E-state index in [0.29, 0.717) is 11.6 Å². The van der Waals surface area contributed by atoms with Crippen LogP contribution in [0.25, 0.3) is 11.0 Å². The summed E-state index contributed by atoms with van der Waals surface area (Å²) in [5.74, 6) is 1.36. The minimum absolute atomic E-state index is 0.677. The van der Waals surface area contributed by atoms with E-state index in [0.717, 1.165) is 33.0 Å². The lowest BCUT2D eigenvalue weighted by Crippen LogP contribution is -2.02. The molecule has 0 atom stereocenters. The zero-order chi connectivity index (χ0) is 21.6. The fourth-order valence-electron chi connectivity index (χ4n) is 3.22. The highest BCUT2D eigenvalue weighted by atomic mass is 32.2. The van der Waals surface area contributed by atoms with Crippen molar-refractivity contribution in [3.05, 3.63) is 109 Å². The molecule has 0 radical (unpaired) electrons. The summed E-state index contributed by atoms with van der Waals surface area (Å²) in [6.07, 6.45) is 0. The van der Waals surface area contributed by atoms with E-state index in [1.54, 1.807) is 0 Å². The number of hydrogen-bond donors (Lipinski definition) is 3. The molecule has 0 saturated carbocycles. The van der Waals surface area contributed by atoms with Crippen LogP contribution in [0.2, 0.25) is 0 Å². The molecule has 0 unspecified atom stereocenters. The van der Waals surface area contributed by atoms with Crippen LogP contribution in [-0.4, -0.2) is 9.97 Å². The molecule has 0 amide bonds. The predicted octanol–water partition coefficient (Wildman–Crippen LogP) is 7.24. The molecule has 3 N–H and O–H groups in total. The second-order valence-corrected chi connectivity index (χ2v) is 8.00. The summed E-state index contributed by atoms with van der Waals surface area (Å²) in [6.45, 7) is 0. The molecule has 4 aromatic carbocycles. The lowest BCUT2D eigenvalue weighted by molar-refractivity contribution is 1.28. The summed E-state index contributed by atoms with van der Waals surface area (Å²) in [6, 6.07) is 36.2. The van der Waals surface area contributed by atoms with Crippen molar-refractivity contribution in [1.29, 1.82) is 0 Å². The quantitative estimate of drug-likeness (QED) is 0.234. The topological polar surface area (TPSA) is 61.9 Å². The van der Waals surface area contributed by atoms with E-state index in [1.165, 1.54) is 11.9 Å². The van der Waals surface area contributed by atoms with Crippen molar-refractivity contribution >= 4 is 51.7 Å². The molecule has 0 aliphatic rings. The molecular weight excluding hydrogens is 414 g/mol. The zero-order valence-corrected chi connectivity index (χ0v) is 18.0. The first-order chi connectivity index (χ1) is 15.8. The molecule has 0 aliphatic heterocycles. The van der Waals surface area contributed by atoms with Gasteiger partial charge in [-0.2, -0.15) is 0 Å². The molecule has 1 heterocycles. The standard InChI is InChI=1S/C26H21N5S/c1-3-9-19(10-4-1)27-20-15-17-21(18-16-20)28-25-26(31-32-22-11-5-2-6-12-22)30-24-14-8-7-13-23(24)29-25/h1-18,27H,(H,28,29)(H,30,31). The van der Waals surface area contributed by atoms with E-state index in [1.807, 2.05) is 97.1 Å². The maximum Gasteiger partial charge on any atom is 0.180 e. The molecule has 0 aliphatic carbocycles. The van der Waals surface area contributed by atoms with Gasteiger partial charge in [0, 0.05) is 22.0 Å². The Hall–Kier alpha value is -4.03. The predicted molar refractivity (Wildman–Crippen MR) is 135 cm³/mol. The van der Waals surface area contributed by atoms with Gasteiger partial charge in [0.25, 0.3) is 0 Å². The van der Waals surface area contributed by atoms with Crippen molar-refractivity contribution in [2.75, 3.05) is 15.4 Å². The molecule has 6 heteroatoms. The molecule has 32 heavy (non-hydrogen) atoms. The van der Waals surface area contributed by atoms with E-state index < -0.39 is 0 Å². The zero-order valence-electron chi connectivity index (χ0n) is 17.2. The number of aromatic nitrogens is 2. The van der Waals surface area contributed by atoms with Gasteiger partial charge in [0.1, 0.15) is 0 Å². The molecule has 5 nitrogen and oxygen atoms in total. The van der Waals surface area contributed by atoms with Crippen LogP contribution in [0.5, 0.6) is 0 Å². The van der Waals surface area contributed by atoms with Crippen LogP contribution >= 0.6 is 11.9 Å². The first-order valence-electron chi connectivity index (χ1n) is 10.3. The fourth-order valence-corrected chi connectivity index (χ4v) is 3.87. The average Bonchev–Trinajstić information content (AvgIpc) is 2.85. The second kappa shape index (κ2) is 9.41. The van der Waals surface area contributed by atoms with Crippen molar-refractivity contribution in [2.24, 2.45) is 0 Å². The molecule has 5 aromatic rings. The molecular formula is C26H21N5S. The third kappa shape index (κ3) is 4.82. The van der Waals surface area contributed by atoms with Crippen molar-refractivity contribution in [3.63, 3.8) is 0 Å². The van der Waals surface area contributed by atoms with Crippen LogP contribution in [0, 0.1) is 0 Å². The van der Waals surface area contributed by atoms with Gasteiger partial charge in [0.15, 0.2) is 11.6 Å². The van der Waals surface area contributed by atoms with Gasteiger partial charge in [-0.05, 0) is 72.6 Å². The Morgan fingerprint density at radius 1 is 0.469 bits per heavy atom. The number of nitrogens with one attached hydrogen (secondary N) is 3. The van der Waals surface area contributed by atoms with Crippen molar-refractivity contribution in [2.45, 2.75) is 4.90 Å². The molecule has 0 fully saturated rings. The van der Waals surface area contributed by atoms with Crippen molar-refractivity contribution < 1.29 is 0 Å². The number of fused-ring (bicyclic) bond motifs is 1.